The number of fused-ring (bicyclic) bond motifs is 1. The Labute approximate surface area is 136 Å². The lowest BCUT2D eigenvalue weighted by Gasteiger charge is -2.01. The van der Waals surface area contributed by atoms with E-state index in [9.17, 15) is 9.59 Å². The van der Waals surface area contributed by atoms with Crippen molar-refractivity contribution in [3.05, 3.63) is 80.9 Å². The highest BCUT2D eigenvalue weighted by Gasteiger charge is 2.19. The molecule has 0 radical (unpaired) electrons. The van der Waals surface area contributed by atoms with Gasteiger partial charge in [0.1, 0.15) is 16.6 Å². The molecular weight excluding hydrogens is 304 g/mol. The van der Waals surface area contributed by atoms with Gasteiger partial charge in [-0.2, -0.15) is 5.10 Å². The monoisotopic (exact) mass is 318 g/mol. The molecule has 0 aliphatic carbocycles. The Bertz CT molecular complexity index is 1140. The van der Waals surface area contributed by atoms with E-state index in [4.69, 9.17) is 0 Å². The molecule has 2 heterocycles. The molecule has 2 aromatic carbocycles. The summed E-state index contributed by atoms with van der Waals surface area (Å²) in [7, 11) is 0. The maximum atomic E-state index is 12.4. The van der Waals surface area contributed by atoms with Crippen LogP contribution in [-0.2, 0) is 0 Å². The first-order valence-electron chi connectivity index (χ1n) is 7.51. The molecule has 0 atom stereocenters. The molecule has 6 nitrogen and oxygen atoms in total. The average Bonchev–Trinajstić information content (AvgIpc) is 3.01. The molecule has 0 unspecified atom stereocenters. The molecule has 0 saturated heterocycles. The van der Waals surface area contributed by atoms with Gasteiger partial charge >= 0.3 is 0 Å². The average molecular weight is 318 g/mol. The van der Waals surface area contributed by atoms with Crippen molar-refractivity contribution in [2.24, 2.45) is 0 Å². The van der Waals surface area contributed by atoms with Crippen LogP contribution in [0.4, 0.5) is 0 Å². The van der Waals surface area contributed by atoms with Crippen LogP contribution in [0.1, 0.15) is 5.56 Å². The number of H-pyrrole nitrogens is 2. The minimum absolute atomic E-state index is 0.237. The maximum absolute atomic E-state index is 12.4. The second-order valence-corrected chi connectivity index (χ2v) is 5.59. The molecule has 2 aromatic heterocycles. The van der Waals surface area contributed by atoms with E-state index >= 15 is 0 Å². The summed E-state index contributed by atoms with van der Waals surface area (Å²) in [6.07, 6.45) is 0. The number of aromatic nitrogens is 4. The first-order chi connectivity index (χ1) is 11.6. The predicted molar refractivity (Wildman–Crippen MR) is 92.5 cm³/mol. The normalized spacial score (nSPS) is 11.0. The van der Waals surface area contributed by atoms with E-state index in [0.29, 0.717) is 5.69 Å². The third kappa shape index (κ3) is 2.16. The lowest BCUT2D eigenvalue weighted by atomic mass is 10.1. The third-order valence-corrected chi connectivity index (χ3v) is 3.94. The fraction of sp³-hybridized carbons (Fsp3) is 0.0556. The molecule has 0 aliphatic heterocycles. The van der Waals surface area contributed by atoms with Gasteiger partial charge in [0.25, 0.3) is 11.1 Å². The number of benzene rings is 2. The van der Waals surface area contributed by atoms with E-state index in [1.165, 1.54) is 4.68 Å². The van der Waals surface area contributed by atoms with Gasteiger partial charge < -0.3 is 0 Å². The first-order valence-corrected chi connectivity index (χ1v) is 7.51. The van der Waals surface area contributed by atoms with Crippen LogP contribution in [0.15, 0.2) is 64.2 Å². The number of hydrogen-bond acceptors (Lipinski definition) is 3. The van der Waals surface area contributed by atoms with E-state index in [1.807, 2.05) is 61.5 Å². The topological polar surface area (TPSA) is 83.5 Å². The second-order valence-electron chi connectivity index (χ2n) is 5.59. The van der Waals surface area contributed by atoms with Crippen LogP contribution >= 0.6 is 0 Å². The van der Waals surface area contributed by atoms with Gasteiger partial charge in [0.05, 0.1) is 5.69 Å². The fourth-order valence-corrected chi connectivity index (χ4v) is 2.75. The van der Waals surface area contributed by atoms with Crippen LogP contribution < -0.4 is 11.1 Å². The molecule has 118 valence electrons. The Morgan fingerprint density at radius 1 is 0.875 bits per heavy atom. The summed E-state index contributed by atoms with van der Waals surface area (Å²) >= 11 is 0. The number of nitrogens with zero attached hydrogens (tertiary/aromatic N) is 2. The van der Waals surface area contributed by atoms with Crippen LogP contribution in [0.5, 0.6) is 0 Å². The van der Waals surface area contributed by atoms with Gasteiger partial charge in [-0.25, -0.2) is 4.68 Å². The number of aromatic amines is 2. The Morgan fingerprint density at radius 3 is 2.25 bits per heavy atom. The Kier molecular flexibility index (Phi) is 3.16. The first kappa shape index (κ1) is 14.2. The Hall–Kier alpha value is -3.41. The Balaban J connectivity index is 2.12. The summed E-state index contributed by atoms with van der Waals surface area (Å²) < 4.78 is 1.51. The van der Waals surface area contributed by atoms with Gasteiger partial charge in [0.2, 0.25) is 0 Å². The van der Waals surface area contributed by atoms with Crippen molar-refractivity contribution < 1.29 is 0 Å². The van der Waals surface area contributed by atoms with Crippen LogP contribution in [0.3, 0.4) is 0 Å². The van der Waals surface area contributed by atoms with Gasteiger partial charge in [0.15, 0.2) is 0 Å². The zero-order valence-corrected chi connectivity index (χ0v) is 12.9. The number of para-hydroxylation sites is 1. The largest absolute Gasteiger partial charge is 0.289 e. The van der Waals surface area contributed by atoms with Gasteiger partial charge in [-0.15, -0.1) is 0 Å². The summed E-state index contributed by atoms with van der Waals surface area (Å²) in [5.74, 6) is 0. The van der Waals surface area contributed by atoms with Crippen LogP contribution in [0.2, 0.25) is 0 Å². The van der Waals surface area contributed by atoms with Crippen molar-refractivity contribution in [2.45, 2.75) is 6.92 Å². The number of hydrogen-bond donors (Lipinski definition) is 2. The molecule has 0 saturated carbocycles. The van der Waals surface area contributed by atoms with Crippen LogP contribution in [0.25, 0.3) is 27.8 Å². The number of nitrogens with one attached hydrogen (secondary N) is 2. The van der Waals surface area contributed by atoms with Crippen molar-refractivity contribution >= 4 is 10.9 Å². The van der Waals surface area contributed by atoms with E-state index in [-0.39, 0.29) is 22.0 Å². The molecule has 6 heteroatoms. The van der Waals surface area contributed by atoms with Gasteiger partial charge in [0, 0.05) is 5.56 Å². The SMILES string of the molecule is Cc1ccc(-c2nn(-c3ccccc3)c3c(=O)[nH][nH]c(=O)c23)cc1. The Morgan fingerprint density at radius 2 is 1.54 bits per heavy atom. The fourth-order valence-electron chi connectivity index (χ4n) is 2.75. The molecule has 0 spiro atoms. The molecule has 24 heavy (non-hydrogen) atoms. The minimum Gasteiger partial charge on any atom is -0.267 e. The van der Waals surface area contributed by atoms with Gasteiger partial charge in [-0.05, 0) is 19.1 Å². The minimum atomic E-state index is -0.390. The van der Waals surface area contributed by atoms with Crippen molar-refractivity contribution in [1.82, 2.24) is 20.0 Å². The highest BCUT2D eigenvalue weighted by atomic mass is 16.1. The summed E-state index contributed by atoms with van der Waals surface area (Å²) in [6.45, 7) is 1.99. The quantitative estimate of drug-likeness (QED) is 0.595. The summed E-state index contributed by atoms with van der Waals surface area (Å²) in [6, 6.07) is 17.0. The van der Waals surface area contributed by atoms with Crippen molar-refractivity contribution in [2.75, 3.05) is 0 Å². The molecule has 0 fully saturated rings. The lowest BCUT2D eigenvalue weighted by molar-refractivity contribution is 0.896. The molecule has 2 N–H and O–H groups in total. The van der Waals surface area contributed by atoms with E-state index in [0.717, 1.165) is 16.8 Å². The molecule has 4 rings (SSSR count). The van der Waals surface area contributed by atoms with Crippen molar-refractivity contribution in [3.63, 3.8) is 0 Å². The van der Waals surface area contributed by atoms with Crippen LogP contribution in [-0.4, -0.2) is 20.0 Å². The second kappa shape index (κ2) is 5.34. The zero-order chi connectivity index (χ0) is 16.7. The predicted octanol–water partition coefficient (Wildman–Crippen LogP) is 2.38. The van der Waals surface area contributed by atoms with Crippen molar-refractivity contribution in [1.29, 1.82) is 0 Å². The number of aryl methyl sites for hydroxylation is 1. The molecule has 4 aromatic rings. The highest BCUT2D eigenvalue weighted by molar-refractivity contribution is 5.92. The van der Waals surface area contributed by atoms with E-state index in [2.05, 4.69) is 15.3 Å². The summed E-state index contributed by atoms with van der Waals surface area (Å²) in [4.78, 5) is 24.7. The zero-order valence-electron chi connectivity index (χ0n) is 12.9. The third-order valence-electron chi connectivity index (χ3n) is 3.94. The smallest absolute Gasteiger partial charge is 0.267 e. The molecule has 0 bridgehead atoms. The van der Waals surface area contributed by atoms with E-state index in [1.54, 1.807) is 0 Å². The van der Waals surface area contributed by atoms with Gasteiger partial charge in [-0.3, -0.25) is 19.8 Å². The lowest BCUT2D eigenvalue weighted by Crippen LogP contribution is -2.20. The highest BCUT2D eigenvalue weighted by Crippen LogP contribution is 2.25. The van der Waals surface area contributed by atoms with Crippen molar-refractivity contribution in [3.8, 4) is 16.9 Å². The maximum Gasteiger partial charge on any atom is 0.289 e. The molecule has 0 aliphatic rings. The van der Waals surface area contributed by atoms with Gasteiger partial charge in [-0.1, -0.05) is 48.0 Å². The summed E-state index contributed by atoms with van der Waals surface area (Å²) in [5.41, 5.74) is 2.58. The number of rotatable bonds is 2. The standard InChI is InChI=1S/C18H14N4O2/c1-11-7-9-12(10-8-11)15-14-16(18(24)20-19-17(14)23)22(21-15)13-5-3-2-4-6-13/h2-10H,1H3,(H,19,23)(H,20,24). The molecular formula is C18H14N4O2. The van der Waals surface area contributed by atoms with E-state index < -0.39 is 0 Å². The summed E-state index contributed by atoms with van der Waals surface area (Å²) in [5, 5.41) is 9.60. The van der Waals surface area contributed by atoms with Crippen LogP contribution in [0, 0.1) is 6.92 Å². The molecule has 0 amide bonds.